The number of hydrogen-bond donors (Lipinski definition) is 1. The molecule has 0 rings (SSSR count). The van der Waals surface area contributed by atoms with E-state index in [1.807, 2.05) is 7.05 Å². The second kappa shape index (κ2) is 10.7. The van der Waals surface area contributed by atoms with E-state index in [0.29, 0.717) is 12.2 Å². The van der Waals surface area contributed by atoms with Crippen LogP contribution in [-0.2, 0) is 9.53 Å². The summed E-state index contributed by atoms with van der Waals surface area (Å²) in [6.07, 6.45) is 3.14. The molecule has 84 valence electrons. The summed E-state index contributed by atoms with van der Waals surface area (Å²) in [5.41, 5.74) is 0.468. The van der Waals surface area contributed by atoms with Crippen molar-refractivity contribution in [3.8, 4) is 0 Å². The van der Waals surface area contributed by atoms with E-state index in [2.05, 4.69) is 11.9 Å². The molecule has 3 nitrogen and oxygen atoms in total. The van der Waals surface area contributed by atoms with Crippen LogP contribution in [0.2, 0.25) is 0 Å². The Morgan fingerprint density at radius 3 is 2.50 bits per heavy atom. The van der Waals surface area contributed by atoms with Crippen LogP contribution in [0.25, 0.3) is 0 Å². The molecule has 1 N–H and O–H groups in total. The molecule has 0 radical (unpaired) electrons. The summed E-state index contributed by atoms with van der Waals surface area (Å²) >= 11 is 0. The van der Waals surface area contributed by atoms with Gasteiger partial charge in [0.2, 0.25) is 0 Å². The second-order valence-electron chi connectivity index (χ2n) is 3.08. The number of unbranched alkanes of at least 4 members (excludes halogenated alkanes) is 2. The van der Waals surface area contributed by atoms with Crippen molar-refractivity contribution in [1.82, 2.24) is 5.32 Å². The van der Waals surface area contributed by atoms with Crippen LogP contribution >= 0.6 is 17.0 Å². The minimum atomic E-state index is -0.284. The molecule has 0 unspecified atom stereocenters. The lowest BCUT2D eigenvalue weighted by Crippen LogP contribution is -2.09. The van der Waals surface area contributed by atoms with Gasteiger partial charge in [0.1, 0.15) is 0 Å². The Morgan fingerprint density at radius 2 is 2.00 bits per heavy atom. The number of carbonyl (C=O) groups excluding carboxylic acids is 1. The molecule has 0 heterocycles. The number of halogens is 1. The number of ether oxygens (including phenoxy) is 1. The Labute approximate surface area is 96.7 Å². The zero-order chi connectivity index (χ0) is 10.1. The summed E-state index contributed by atoms with van der Waals surface area (Å²) < 4.78 is 4.92. The maximum absolute atomic E-state index is 10.9. The predicted molar refractivity (Wildman–Crippen MR) is 63.9 cm³/mol. The quantitative estimate of drug-likeness (QED) is 0.435. The first-order chi connectivity index (χ1) is 6.18. The summed E-state index contributed by atoms with van der Waals surface area (Å²) in [6, 6.07) is 0. The van der Waals surface area contributed by atoms with Gasteiger partial charge < -0.3 is 10.1 Å². The summed E-state index contributed by atoms with van der Waals surface area (Å²) in [7, 11) is 1.93. The van der Waals surface area contributed by atoms with Crippen LogP contribution in [-0.4, -0.2) is 26.2 Å². The Morgan fingerprint density at radius 1 is 1.36 bits per heavy atom. The van der Waals surface area contributed by atoms with Gasteiger partial charge in [0, 0.05) is 5.57 Å². The van der Waals surface area contributed by atoms with E-state index in [1.54, 1.807) is 6.92 Å². The van der Waals surface area contributed by atoms with Gasteiger partial charge >= 0.3 is 5.97 Å². The smallest absolute Gasteiger partial charge is 0.333 e. The fraction of sp³-hybridized carbons (Fsp3) is 0.700. The molecular formula is C10H20BrNO2. The monoisotopic (exact) mass is 265 g/mol. The largest absolute Gasteiger partial charge is 0.462 e. The molecule has 14 heavy (non-hydrogen) atoms. The van der Waals surface area contributed by atoms with Gasteiger partial charge in [-0.05, 0) is 39.8 Å². The van der Waals surface area contributed by atoms with Gasteiger partial charge in [0.15, 0.2) is 0 Å². The maximum atomic E-state index is 10.9. The van der Waals surface area contributed by atoms with Crippen molar-refractivity contribution in [1.29, 1.82) is 0 Å². The van der Waals surface area contributed by atoms with Gasteiger partial charge in [-0.1, -0.05) is 6.58 Å². The lowest BCUT2D eigenvalue weighted by molar-refractivity contribution is -0.139. The van der Waals surface area contributed by atoms with E-state index in [0.717, 1.165) is 25.8 Å². The van der Waals surface area contributed by atoms with E-state index in [4.69, 9.17) is 4.74 Å². The second-order valence-corrected chi connectivity index (χ2v) is 3.08. The SMILES string of the molecule is Br.C=C(C)C(=O)OCCCCCNC. The fourth-order valence-corrected chi connectivity index (χ4v) is 0.869. The van der Waals surface area contributed by atoms with Crippen molar-refractivity contribution in [2.75, 3.05) is 20.2 Å². The molecule has 0 amide bonds. The molecule has 0 aliphatic carbocycles. The average Bonchev–Trinajstić information content (AvgIpc) is 2.10. The molecule has 0 aromatic heterocycles. The predicted octanol–water partition coefficient (Wildman–Crippen LogP) is 2.07. The van der Waals surface area contributed by atoms with E-state index >= 15 is 0 Å². The highest BCUT2D eigenvalue weighted by Gasteiger charge is 2.01. The molecule has 0 aromatic carbocycles. The molecular weight excluding hydrogens is 246 g/mol. The standard InChI is InChI=1S/C10H19NO2.BrH/c1-9(2)10(12)13-8-6-4-5-7-11-3;/h11H,1,4-8H2,2-3H3;1H. The summed E-state index contributed by atoms with van der Waals surface area (Å²) in [5, 5.41) is 3.06. The van der Waals surface area contributed by atoms with Crippen LogP contribution in [0, 0.1) is 0 Å². The van der Waals surface area contributed by atoms with E-state index < -0.39 is 0 Å². The first-order valence-corrected chi connectivity index (χ1v) is 4.65. The van der Waals surface area contributed by atoms with E-state index in [1.165, 1.54) is 0 Å². The molecule has 0 aromatic rings. The minimum absolute atomic E-state index is 0. The van der Waals surface area contributed by atoms with Crippen molar-refractivity contribution in [3.05, 3.63) is 12.2 Å². The zero-order valence-electron chi connectivity index (χ0n) is 8.97. The first kappa shape index (κ1) is 16.1. The van der Waals surface area contributed by atoms with Crippen LogP contribution in [0.15, 0.2) is 12.2 Å². The number of nitrogens with one attached hydrogen (secondary N) is 1. The first-order valence-electron chi connectivity index (χ1n) is 4.65. The number of hydrogen-bond acceptors (Lipinski definition) is 3. The van der Waals surface area contributed by atoms with Gasteiger partial charge in [-0.25, -0.2) is 4.79 Å². The summed E-state index contributed by atoms with van der Waals surface area (Å²) in [5.74, 6) is -0.284. The minimum Gasteiger partial charge on any atom is -0.462 e. The van der Waals surface area contributed by atoms with Crippen LogP contribution in [0.4, 0.5) is 0 Å². The highest BCUT2D eigenvalue weighted by atomic mass is 79.9. The van der Waals surface area contributed by atoms with Crippen molar-refractivity contribution >= 4 is 23.0 Å². The lowest BCUT2D eigenvalue weighted by Gasteiger charge is -2.03. The van der Waals surface area contributed by atoms with Gasteiger partial charge in [-0.2, -0.15) is 0 Å². The third kappa shape index (κ3) is 9.74. The summed E-state index contributed by atoms with van der Waals surface area (Å²) in [4.78, 5) is 10.9. The molecule has 0 saturated carbocycles. The Hall–Kier alpha value is -0.350. The summed E-state index contributed by atoms with van der Waals surface area (Å²) in [6.45, 7) is 6.69. The van der Waals surface area contributed by atoms with Gasteiger partial charge in [0.25, 0.3) is 0 Å². The van der Waals surface area contributed by atoms with Crippen LogP contribution < -0.4 is 5.32 Å². The van der Waals surface area contributed by atoms with Crippen molar-refractivity contribution in [3.63, 3.8) is 0 Å². The van der Waals surface area contributed by atoms with Crippen LogP contribution in [0.5, 0.6) is 0 Å². The third-order valence-electron chi connectivity index (χ3n) is 1.65. The van der Waals surface area contributed by atoms with Gasteiger partial charge in [-0.15, -0.1) is 17.0 Å². The number of carbonyl (C=O) groups is 1. The van der Waals surface area contributed by atoms with E-state index in [9.17, 15) is 4.79 Å². The lowest BCUT2D eigenvalue weighted by atomic mass is 10.2. The van der Waals surface area contributed by atoms with E-state index in [-0.39, 0.29) is 23.0 Å². The topological polar surface area (TPSA) is 38.3 Å². The van der Waals surface area contributed by atoms with Crippen LogP contribution in [0.1, 0.15) is 26.2 Å². The van der Waals surface area contributed by atoms with Gasteiger partial charge in [0.05, 0.1) is 6.61 Å². The normalized spacial score (nSPS) is 9.00. The molecule has 4 heteroatoms. The maximum Gasteiger partial charge on any atom is 0.333 e. The highest BCUT2D eigenvalue weighted by molar-refractivity contribution is 8.93. The Bertz CT molecular complexity index is 172. The highest BCUT2D eigenvalue weighted by Crippen LogP contribution is 1.97. The molecule has 0 aliphatic heterocycles. The van der Waals surface area contributed by atoms with Crippen molar-refractivity contribution in [2.45, 2.75) is 26.2 Å². The molecule has 0 aliphatic rings. The average molecular weight is 266 g/mol. The number of rotatable bonds is 7. The molecule has 0 bridgehead atoms. The molecule has 0 saturated heterocycles. The Balaban J connectivity index is 0. The Kier molecular flexibility index (Phi) is 12.3. The fourth-order valence-electron chi connectivity index (χ4n) is 0.869. The molecule has 0 atom stereocenters. The van der Waals surface area contributed by atoms with Crippen LogP contribution in [0.3, 0.4) is 0 Å². The number of esters is 1. The van der Waals surface area contributed by atoms with Crippen molar-refractivity contribution < 1.29 is 9.53 Å². The third-order valence-corrected chi connectivity index (χ3v) is 1.65. The molecule has 0 fully saturated rings. The van der Waals surface area contributed by atoms with Crippen molar-refractivity contribution in [2.24, 2.45) is 0 Å². The molecule has 0 spiro atoms. The zero-order valence-corrected chi connectivity index (χ0v) is 10.7. The van der Waals surface area contributed by atoms with Gasteiger partial charge in [-0.3, -0.25) is 0 Å².